The van der Waals surface area contributed by atoms with Gasteiger partial charge in [0.15, 0.2) is 0 Å². The molecule has 7 nitrogen and oxygen atoms in total. The van der Waals surface area contributed by atoms with Crippen molar-refractivity contribution in [2.24, 2.45) is 7.05 Å². The molecule has 152 valence electrons. The summed E-state index contributed by atoms with van der Waals surface area (Å²) in [5.74, 6) is 0.896. The Hall–Kier alpha value is -2.12. The first-order valence-electron chi connectivity index (χ1n) is 10.3. The van der Waals surface area contributed by atoms with Crippen LogP contribution in [0.1, 0.15) is 31.5 Å². The first-order valence-corrected chi connectivity index (χ1v) is 10.3. The molecule has 1 aliphatic carbocycles. The van der Waals surface area contributed by atoms with E-state index in [4.69, 9.17) is 9.72 Å². The van der Waals surface area contributed by atoms with Gasteiger partial charge in [-0.1, -0.05) is 25.0 Å². The van der Waals surface area contributed by atoms with Gasteiger partial charge in [-0.25, -0.2) is 9.78 Å². The highest BCUT2D eigenvalue weighted by molar-refractivity contribution is 5.77. The lowest BCUT2D eigenvalue weighted by Crippen LogP contribution is -2.57. The average Bonchev–Trinajstić information content (AvgIpc) is 3.28. The number of benzene rings is 1. The summed E-state index contributed by atoms with van der Waals surface area (Å²) < 4.78 is 7.54. The van der Waals surface area contributed by atoms with Crippen molar-refractivity contribution in [2.45, 2.75) is 37.8 Å². The molecule has 1 aromatic carbocycles. The maximum absolute atomic E-state index is 13.0. The van der Waals surface area contributed by atoms with Crippen LogP contribution in [0, 0.1) is 0 Å². The monoisotopic (exact) mass is 385 g/mol. The number of aryl methyl sites for hydroxylation is 1. The lowest BCUT2D eigenvalue weighted by Gasteiger charge is -2.38. The Labute approximate surface area is 166 Å². The third kappa shape index (κ3) is 4.00. The van der Waals surface area contributed by atoms with E-state index in [9.17, 15) is 4.79 Å². The van der Waals surface area contributed by atoms with E-state index in [1.807, 2.05) is 32.3 Å². The molecule has 0 bridgehead atoms. The van der Waals surface area contributed by atoms with Crippen molar-refractivity contribution in [2.75, 3.05) is 39.9 Å². The lowest BCUT2D eigenvalue weighted by molar-refractivity contribution is 0.0246. The number of imidazole rings is 1. The van der Waals surface area contributed by atoms with Gasteiger partial charge in [-0.2, -0.15) is 0 Å². The van der Waals surface area contributed by atoms with Crippen molar-refractivity contribution >= 4 is 17.1 Å². The van der Waals surface area contributed by atoms with Crippen LogP contribution in [0.4, 0.5) is 4.79 Å². The van der Waals surface area contributed by atoms with E-state index in [1.165, 1.54) is 12.8 Å². The highest BCUT2D eigenvalue weighted by atomic mass is 16.5. The molecule has 1 saturated carbocycles. The number of ether oxygens (including phenoxy) is 1. The van der Waals surface area contributed by atoms with E-state index < -0.39 is 0 Å². The summed E-state index contributed by atoms with van der Waals surface area (Å²) >= 11 is 0. The number of urea groups is 1. The van der Waals surface area contributed by atoms with Crippen LogP contribution in [0.5, 0.6) is 0 Å². The van der Waals surface area contributed by atoms with E-state index >= 15 is 0 Å². The number of aromatic nitrogens is 2. The third-order valence-corrected chi connectivity index (χ3v) is 6.17. The summed E-state index contributed by atoms with van der Waals surface area (Å²) in [6.07, 6.45) is 4.46. The van der Waals surface area contributed by atoms with Crippen molar-refractivity contribution in [1.29, 1.82) is 0 Å². The van der Waals surface area contributed by atoms with Gasteiger partial charge in [0, 0.05) is 33.7 Å². The predicted octanol–water partition coefficient (Wildman–Crippen LogP) is 2.36. The number of hydrogen-bond donors (Lipinski definition) is 1. The van der Waals surface area contributed by atoms with Crippen LogP contribution in [0.15, 0.2) is 24.3 Å². The zero-order valence-electron chi connectivity index (χ0n) is 17.0. The number of carbonyl (C=O) groups is 1. The minimum Gasteiger partial charge on any atom is -0.379 e. The molecule has 1 aromatic heterocycles. The molecule has 28 heavy (non-hydrogen) atoms. The second-order valence-electron chi connectivity index (χ2n) is 8.24. The van der Waals surface area contributed by atoms with Crippen LogP contribution in [0.2, 0.25) is 0 Å². The van der Waals surface area contributed by atoms with Gasteiger partial charge in [0.1, 0.15) is 5.82 Å². The smallest absolute Gasteiger partial charge is 0.318 e. The fraction of sp³-hybridized carbons (Fsp3) is 0.619. The molecule has 0 atom stereocenters. The van der Waals surface area contributed by atoms with Crippen LogP contribution >= 0.6 is 0 Å². The quantitative estimate of drug-likeness (QED) is 0.858. The molecule has 0 radical (unpaired) electrons. The third-order valence-electron chi connectivity index (χ3n) is 6.17. The van der Waals surface area contributed by atoms with Gasteiger partial charge in [0.25, 0.3) is 0 Å². The van der Waals surface area contributed by atoms with Crippen LogP contribution in [0.3, 0.4) is 0 Å². The number of carbonyl (C=O) groups excluding carboxylic acids is 1. The molecule has 1 saturated heterocycles. The second-order valence-corrected chi connectivity index (χ2v) is 8.24. The van der Waals surface area contributed by atoms with E-state index in [2.05, 4.69) is 20.9 Å². The number of nitrogens with one attached hydrogen (secondary N) is 1. The average molecular weight is 386 g/mol. The van der Waals surface area contributed by atoms with E-state index in [-0.39, 0.29) is 11.6 Å². The van der Waals surface area contributed by atoms with Crippen molar-refractivity contribution in [1.82, 2.24) is 24.7 Å². The molecule has 0 unspecified atom stereocenters. The first kappa shape index (κ1) is 19.2. The molecule has 2 amide bonds. The van der Waals surface area contributed by atoms with Gasteiger partial charge in [-0.3, -0.25) is 4.90 Å². The summed E-state index contributed by atoms with van der Waals surface area (Å²) in [4.78, 5) is 21.9. The Bertz CT molecular complexity index is 821. The summed E-state index contributed by atoms with van der Waals surface area (Å²) in [5, 5.41) is 3.38. The van der Waals surface area contributed by atoms with E-state index in [0.717, 1.165) is 62.5 Å². The van der Waals surface area contributed by atoms with Gasteiger partial charge in [-0.05, 0) is 25.0 Å². The summed E-state index contributed by atoms with van der Waals surface area (Å²) in [7, 11) is 3.86. The Morgan fingerprint density at radius 2 is 1.96 bits per heavy atom. The molecule has 7 heteroatoms. The van der Waals surface area contributed by atoms with Crippen molar-refractivity contribution in [3.63, 3.8) is 0 Å². The minimum absolute atomic E-state index is 0.0118. The van der Waals surface area contributed by atoms with Crippen LogP contribution < -0.4 is 5.32 Å². The number of nitrogens with zero attached hydrogens (tertiary/aromatic N) is 4. The minimum atomic E-state index is -0.116. The van der Waals surface area contributed by atoms with Crippen molar-refractivity contribution in [3.05, 3.63) is 30.1 Å². The van der Waals surface area contributed by atoms with Gasteiger partial charge in [-0.15, -0.1) is 0 Å². The zero-order valence-corrected chi connectivity index (χ0v) is 17.0. The molecule has 2 fully saturated rings. The maximum Gasteiger partial charge on any atom is 0.318 e. The van der Waals surface area contributed by atoms with Gasteiger partial charge in [0.05, 0.1) is 36.3 Å². The largest absolute Gasteiger partial charge is 0.379 e. The molecular formula is C21H31N5O2. The molecule has 0 spiro atoms. The van der Waals surface area contributed by atoms with Gasteiger partial charge >= 0.3 is 6.03 Å². The predicted molar refractivity (Wildman–Crippen MR) is 109 cm³/mol. The fourth-order valence-corrected chi connectivity index (χ4v) is 4.50. The summed E-state index contributed by atoms with van der Waals surface area (Å²) in [6, 6.07) is 8.06. The van der Waals surface area contributed by atoms with Crippen LogP contribution in [-0.2, 0) is 18.3 Å². The Morgan fingerprint density at radius 3 is 2.68 bits per heavy atom. The van der Waals surface area contributed by atoms with E-state index in [1.54, 1.807) is 4.90 Å². The molecule has 2 heterocycles. The van der Waals surface area contributed by atoms with Crippen molar-refractivity contribution < 1.29 is 9.53 Å². The molecular weight excluding hydrogens is 354 g/mol. The SMILES string of the molecule is CN(Cc1nc2ccccc2n1C)C(=O)NC1(CN2CCOCC2)CCCC1. The molecule has 2 aliphatic rings. The molecule has 2 aromatic rings. The normalized spacial score (nSPS) is 19.8. The summed E-state index contributed by atoms with van der Waals surface area (Å²) in [6.45, 7) is 4.89. The lowest BCUT2D eigenvalue weighted by atomic mass is 9.96. The number of para-hydroxylation sites is 2. The summed E-state index contributed by atoms with van der Waals surface area (Å²) in [5.41, 5.74) is 1.94. The Balaban J connectivity index is 1.42. The second kappa shape index (κ2) is 8.09. The highest BCUT2D eigenvalue weighted by Crippen LogP contribution is 2.31. The Kier molecular flexibility index (Phi) is 5.55. The number of hydrogen-bond acceptors (Lipinski definition) is 4. The van der Waals surface area contributed by atoms with Gasteiger partial charge in [0.2, 0.25) is 0 Å². The fourth-order valence-electron chi connectivity index (χ4n) is 4.50. The molecule has 1 aliphatic heterocycles. The van der Waals surface area contributed by atoms with Crippen molar-refractivity contribution in [3.8, 4) is 0 Å². The highest BCUT2D eigenvalue weighted by Gasteiger charge is 2.38. The molecule has 1 N–H and O–H groups in total. The van der Waals surface area contributed by atoms with Crippen LogP contribution in [-0.4, -0.2) is 70.8 Å². The number of amides is 2. The Morgan fingerprint density at radius 1 is 1.25 bits per heavy atom. The number of rotatable bonds is 5. The van der Waals surface area contributed by atoms with Crippen LogP contribution in [0.25, 0.3) is 11.0 Å². The first-order chi connectivity index (χ1) is 13.6. The topological polar surface area (TPSA) is 62.6 Å². The van der Waals surface area contributed by atoms with Gasteiger partial charge < -0.3 is 19.5 Å². The zero-order chi connectivity index (χ0) is 19.6. The maximum atomic E-state index is 13.0. The van der Waals surface area contributed by atoms with E-state index in [0.29, 0.717) is 6.54 Å². The number of morpholine rings is 1. The molecule has 4 rings (SSSR count). The standard InChI is InChI=1S/C21H31N5O2/c1-24(15-19-22-17-7-3-4-8-18(17)25(19)2)20(27)23-21(9-5-6-10-21)16-26-11-13-28-14-12-26/h3-4,7-8H,5-6,9-16H2,1-2H3,(H,23,27). The number of fused-ring (bicyclic) bond motifs is 1.